The summed E-state index contributed by atoms with van der Waals surface area (Å²) in [6.45, 7) is 4.49. The van der Waals surface area contributed by atoms with Crippen molar-refractivity contribution in [1.82, 2.24) is 10.6 Å². The topological polar surface area (TPSA) is 104 Å². The number of rotatable bonds is 7. The highest BCUT2D eigenvalue weighted by atomic mass is 16.3. The first-order valence-corrected chi connectivity index (χ1v) is 4.94. The fourth-order valence-corrected chi connectivity index (χ4v) is 1.08. The average molecular weight is 217 g/mol. The molecule has 0 radical (unpaired) electrons. The van der Waals surface area contributed by atoms with Gasteiger partial charge in [-0.15, -0.1) is 0 Å². The van der Waals surface area contributed by atoms with Crippen LogP contribution >= 0.6 is 0 Å². The maximum Gasteiger partial charge on any atom is 0.248 e. The van der Waals surface area contributed by atoms with E-state index < -0.39 is 12.0 Å². The number of amides is 2. The zero-order valence-electron chi connectivity index (χ0n) is 9.12. The molecule has 6 heteroatoms. The van der Waals surface area contributed by atoms with Crippen LogP contribution < -0.4 is 16.4 Å². The molecule has 0 heterocycles. The van der Waals surface area contributed by atoms with Gasteiger partial charge in [-0.3, -0.25) is 9.59 Å². The summed E-state index contributed by atoms with van der Waals surface area (Å²) in [5.41, 5.74) is 4.82. The molecule has 0 bridgehead atoms. The van der Waals surface area contributed by atoms with E-state index in [0.717, 1.165) is 6.54 Å². The van der Waals surface area contributed by atoms with Gasteiger partial charge in [0.05, 0.1) is 6.54 Å². The molecule has 6 nitrogen and oxygen atoms in total. The third-order valence-electron chi connectivity index (χ3n) is 1.87. The number of aliphatic hydroxyl groups is 1. The Hall–Kier alpha value is -1.14. The number of nitrogens with two attached hydrogens (primary N) is 1. The molecule has 0 aromatic rings. The van der Waals surface area contributed by atoms with E-state index >= 15 is 0 Å². The number of hydrogen-bond donors (Lipinski definition) is 4. The minimum atomic E-state index is -1.32. The molecule has 15 heavy (non-hydrogen) atoms. The van der Waals surface area contributed by atoms with Crippen LogP contribution in [0.15, 0.2) is 0 Å². The molecule has 0 aliphatic rings. The molecule has 0 rings (SSSR count). The minimum Gasteiger partial charge on any atom is -0.381 e. The summed E-state index contributed by atoms with van der Waals surface area (Å²) < 4.78 is 0. The molecular formula is C9H19N3O3. The van der Waals surface area contributed by atoms with Crippen molar-refractivity contribution in [3.05, 3.63) is 0 Å². The number of aliphatic hydroxyl groups excluding tert-OH is 1. The van der Waals surface area contributed by atoms with Crippen LogP contribution in [0, 0.1) is 0 Å². The van der Waals surface area contributed by atoms with E-state index in [4.69, 9.17) is 10.8 Å². The number of primary amides is 1. The third kappa shape index (κ3) is 6.87. The van der Waals surface area contributed by atoms with E-state index in [2.05, 4.69) is 10.6 Å². The fourth-order valence-electron chi connectivity index (χ4n) is 1.08. The van der Waals surface area contributed by atoms with Gasteiger partial charge < -0.3 is 21.5 Å². The van der Waals surface area contributed by atoms with Crippen LogP contribution in [0.3, 0.4) is 0 Å². The van der Waals surface area contributed by atoms with Crippen molar-refractivity contribution < 1.29 is 14.7 Å². The lowest BCUT2D eigenvalue weighted by molar-refractivity contribution is -0.127. The molecule has 5 N–H and O–H groups in total. The first kappa shape index (κ1) is 13.9. The summed E-state index contributed by atoms with van der Waals surface area (Å²) in [4.78, 5) is 21.7. The Morgan fingerprint density at radius 2 is 2.07 bits per heavy atom. The molecule has 0 aliphatic carbocycles. The van der Waals surface area contributed by atoms with Crippen molar-refractivity contribution >= 4 is 11.8 Å². The monoisotopic (exact) mass is 217 g/mol. The average Bonchev–Trinajstić information content (AvgIpc) is 2.14. The van der Waals surface area contributed by atoms with Crippen molar-refractivity contribution in [1.29, 1.82) is 0 Å². The van der Waals surface area contributed by atoms with E-state index in [-0.39, 0.29) is 18.5 Å². The second kappa shape index (κ2) is 7.19. The Bertz CT molecular complexity index is 221. The van der Waals surface area contributed by atoms with Crippen LogP contribution in [0.4, 0.5) is 0 Å². The van der Waals surface area contributed by atoms with Crippen LogP contribution in [0.25, 0.3) is 0 Å². The Kier molecular flexibility index (Phi) is 6.64. The maximum atomic E-state index is 11.2. The normalized spacial score (nSPS) is 14.3. The zero-order chi connectivity index (χ0) is 11.8. The summed E-state index contributed by atoms with van der Waals surface area (Å²) in [6.07, 6.45) is -1.01. The van der Waals surface area contributed by atoms with Gasteiger partial charge in [0.25, 0.3) is 0 Å². The molecule has 0 aliphatic heterocycles. The van der Waals surface area contributed by atoms with Gasteiger partial charge in [-0.25, -0.2) is 0 Å². The number of carbonyl (C=O) groups is 2. The lowest BCUT2D eigenvalue weighted by Crippen LogP contribution is -2.41. The number of nitrogens with one attached hydrogen (secondary N) is 2. The van der Waals surface area contributed by atoms with Crippen LogP contribution in [0.5, 0.6) is 0 Å². The van der Waals surface area contributed by atoms with Crippen LogP contribution in [-0.2, 0) is 9.59 Å². The van der Waals surface area contributed by atoms with Crippen LogP contribution in [-0.4, -0.2) is 42.2 Å². The van der Waals surface area contributed by atoms with E-state index in [1.165, 1.54) is 0 Å². The van der Waals surface area contributed by atoms with Crippen LogP contribution in [0.2, 0.25) is 0 Å². The van der Waals surface area contributed by atoms with Crippen molar-refractivity contribution in [2.75, 3.05) is 13.1 Å². The SMILES string of the molecule is CCNC(C)CC(=O)NCC(O)C(N)=O. The summed E-state index contributed by atoms with van der Waals surface area (Å²) >= 11 is 0. The van der Waals surface area contributed by atoms with E-state index in [9.17, 15) is 9.59 Å². The van der Waals surface area contributed by atoms with E-state index in [0.29, 0.717) is 6.42 Å². The summed E-state index contributed by atoms with van der Waals surface area (Å²) in [5, 5.41) is 14.5. The molecule has 2 atom stereocenters. The molecule has 0 aromatic heterocycles. The fraction of sp³-hybridized carbons (Fsp3) is 0.778. The predicted octanol–water partition coefficient (Wildman–Crippen LogP) is -1.66. The predicted molar refractivity (Wildman–Crippen MR) is 56.0 cm³/mol. The zero-order valence-corrected chi connectivity index (χ0v) is 9.12. The number of carbonyl (C=O) groups excluding carboxylic acids is 2. The summed E-state index contributed by atoms with van der Waals surface area (Å²) in [6, 6.07) is 0.0701. The Balaban J connectivity index is 3.70. The van der Waals surface area contributed by atoms with Gasteiger partial charge in [-0.05, 0) is 13.5 Å². The smallest absolute Gasteiger partial charge is 0.248 e. The highest BCUT2D eigenvalue weighted by molar-refractivity contribution is 5.81. The van der Waals surface area contributed by atoms with Gasteiger partial charge in [0.1, 0.15) is 6.10 Å². The molecular weight excluding hydrogens is 198 g/mol. The molecule has 2 unspecified atom stereocenters. The summed E-state index contributed by atoms with van der Waals surface area (Å²) in [5.74, 6) is -1.06. The molecule has 2 amide bonds. The Labute approximate surface area is 89.2 Å². The molecule has 0 saturated heterocycles. The van der Waals surface area contributed by atoms with Crippen molar-refractivity contribution in [3.63, 3.8) is 0 Å². The first-order chi connectivity index (χ1) is 6.97. The van der Waals surface area contributed by atoms with Gasteiger partial charge in [-0.2, -0.15) is 0 Å². The molecule has 0 saturated carbocycles. The van der Waals surface area contributed by atoms with Gasteiger partial charge in [0.15, 0.2) is 0 Å². The Morgan fingerprint density at radius 1 is 1.47 bits per heavy atom. The van der Waals surface area contributed by atoms with E-state index in [1.54, 1.807) is 0 Å². The number of hydrogen-bond acceptors (Lipinski definition) is 4. The maximum absolute atomic E-state index is 11.2. The standard InChI is InChI=1S/C9H19N3O3/c1-3-11-6(2)4-8(14)12-5-7(13)9(10)15/h6-7,11,13H,3-5H2,1-2H3,(H2,10,15)(H,12,14). The minimum absolute atomic E-state index is 0.0701. The van der Waals surface area contributed by atoms with Gasteiger partial charge in [-0.1, -0.05) is 6.92 Å². The highest BCUT2D eigenvalue weighted by Gasteiger charge is 2.13. The molecule has 88 valence electrons. The molecule has 0 spiro atoms. The van der Waals surface area contributed by atoms with Gasteiger partial charge in [0, 0.05) is 12.5 Å². The molecule has 0 fully saturated rings. The first-order valence-electron chi connectivity index (χ1n) is 4.94. The van der Waals surface area contributed by atoms with Crippen molar-refractivity contribution in [2.45, 2.75) is 32.4 Å². The molecule has 0 aromatic carbocycles. The second-order valence-electron chi connectivity index (χ2n) is 3.39. The third-order valence-corrected chi connectivity index (χ3v) is 1.87. The van der Waals surface area contributed by atoms with Gasteiger partial charge in [0.2, 0.25) is 11.8 Å². The quantitative estimate of drug-likeness (QED) is 0.409. The van der Waals surface area contributed by atoms with Crippen molar-refractivity contribution in [3.8, 4) is 0 Å². The van der Waals surface area contributed by atoms with Gasteiger partial charge >= 0.3 is 0 Å². The highest BCUT2D eigenvalue weighted by Crippen LogP contribution is 1.90. The second-order valence-corrected chi connectivity index (χ2v) is 3.39. The van der Waals surface area contributed by atoms with Crippen molar-refractivity contribution in [2.24, 2.45) is 5.73 Å². The lowest BCUT2D eigenvalue weighted by Gasteiger charge is -2.13. The Morgan fingerprint density at radius 3 is 2.53 bits per heavy atom. The van der Waals surface area contributed by atoms with Crippen LogP contribution in [0.1, 0.15) is 20.3 Å². The lowest BCUT2D eigenvalue weighted by atomic mass is 10.2. The summed E-state index contributed by atoms with van der Waals surface area (Å²) in [7, 11) is 0. The largest absolute Gasteiger partial charge is 0.381 e. The van der Waals surface area contributed by atoms with E-state index in [1.807, 2.05) is 13.8 Å².